The molecule has 1 fully saturated rings. The first-order valence-electron chi connectivity index (χ1n) is 6.87. The van der Waals surface area contributed by atoms with Gasteiger partial charge >= 0.3 is 0 Å². The van der Waals surface area contributed by atoms with Crippen molar-refractivity contribution in [2.24, 2.45) is 5.92 Å². The lowest BCUT2D eigenvalue weighted by Crippen LogP contribution is -2.00. The van der Waals surface area contributed by atoms with Gasteiger partial charge < -0.3 is 9.84 Å². The van der Waals surface area contributed by atoms with Gasteiger partial charge in [-0.2, -0.15) is 0 Å². The van der Waals surface area contributed by atoms with E-state index in [4.69, 9.17) is 4.74 Å². The predicted octanol–water partition coefficient (Wildman–Crippen LogP) is 3.85. The molecule has 1 aliphatic carbocycles. The minimum atomic E-state index is -0.346. The summed E-state index contributed by atoms with van der Waals surface area (Å²) in [6.45, 7) is 0.408. The van der Waals surface area contributed by atoms with E-state index < -0.39 is 0 Å². The van der Waals surface area contributed by atoms with Gasteiger partial charge in [0, 0.05) is 0 Å². The molecule has 0 amide bonds. The summed E-state index contributed by atoms with van der Waals surface area (Å²) < 4.78 is 18.4. The number of rotatable bonds is 5. The Bertz CT molecular complexity index is 559. The van der Waals surface area contributed by atoms with E-state index in [1.54, 1.807) is 12.1 Å². The van der Waals surface area contributed by atoms with Crippen molar-refractivity contribution < 1.29 is 14.2 Å². The van der Waals surface area contributed by atoms with Gasteiger partial charge in [-0.05, 0) is 54.2 Å². The Morgan fingerprint density at radius 2 is 1.70 bits per heavy atom. The van der Waals surface area contributed by atoms with Crippen LogP contribution in [-0.2, 0) is 6.61 Å². The van der Waals surface area contributed by atoms with E-state index in [0.29, 0.717) is 12.5 Å². The fourth-order valence-electron chi connectivity index (χ4n) is 2.19. The molecule has 2 aromatic rings. The molecule has 1 aliphatic rings. The number of halogens is 1. The molecular formula is C17H17FO2. The third-order valence-corrected chi connectivity index (χ3v) is 3.61. The van der Waals surface area contributed by atoms with Crippen molar-refractivity contribution in [3.05, 3.63) is 65.5 Å². The maximum absolute atomic E-state index is 12.8. The lowest BCUT2D eigenvalue weighted by molar-refractivity contribution is 0.153. The van der Waals surface area contributed by atoms with Gasteiger partial charge in [0.1, 0.15) is 18.2 Å². The molecule has 20 heavy (non-hydrogen) atoms. The van der Waals surface area contributed by atoms with E-state index in [-0.39, 0.29) is 11.9 Å². The van der Waals surface area contributed by atoms with Crippen LogP contribution >= 0.6 is 0 Å². The molecule has 0 spiro atoms. The quantitative estimate of drug-likeness (QED) is 0.896. The van der Waals surface area contributed by atoms with Crippen LogP contribution in [0.15, 0.2) is 48.5 Å². The van der Waals surface area contributed by atoms with Gasteiger partial charge in [0.05, 0.1) is 6.10 Å². The van der Waals surface area contributed by atoms with E-state index in [9.17, 15) is 9.50 Å². The summed E-state index contributed by atoms with van der Waals surface area (Å²) in [4.78, 5) is 0. The van der Waals surface area contributed by atoms with Crippen LogP contribution in [0.3, 0.4) is 0 Å². The Hall–Kier alpha value is -1.87. The second-order valence-corrected chi connectivity index (χ2v) is 5.27. The lowest BCUT2D eigenvalue weighted by atomic mass is 10.1. The molecular weight excluding hydrogens is 255 g/mol. The van der Waals surface area contributed by atoms with Crippen LogP contribution in [0.2, 0.25) is 0 Å². The highest BCUT2D eigenvalue weighted by molar-refractivity contribution is 5.29. The first-order valence-corrected chi connectivity index (χ1v) is 6.87. The van der Waals surface area contributed by atoms with Crippen molar-refractivity contribution in [2.45, 2.75) is 25.6 Å². The van der Waals surface area contributed by atoms with Crippen LogP contribution in [0.5, 0.6) is 5.75 Å². The number of aliphatic hydroxyl groups excluding tert-OH is 1. The molecule has 1 unspecified atom stereocenters. The fraction of sp³-hybridized carbons (Fsp3) is 0.294. The minimum Gasteiger partial charge on any atom is -0.489 e. The van der Waals surface area contributed by atoms with Gasteiger partial charge in [-0.15, -0.1) is 0 Å². The number of aliphatic hydroxyl groups is 1. The topological polar surface area (TPSA) is 29.5 Å². The second-order valence-electron chi connectivity index (χ2n) is 5.27. The van der Waals surface area contributed by atoms with E-state index in [1.807, 2.05) is 24.3 Å². The van der Waals surface area contributed by atoms with Crippen molar-refractivity contribution in [2.75, 3.05) is 0 Å². The van der Waals surface area contributed by atoms with E-state index in [0.717, 1.165) is 29.7 Å². The SMILES string of the molecule is OC(c1ccc(OCc2ccc(F)cc2)cc1)C1CC1. The van der Waals surface area contributed by atoms with Gasteiger partial charge in [0.2, 0.25) is 0 Å². The molecule has 2 nitrogen and oxygen atoms in total. The standard InChI is InChI=1S/C17H17FO2/c18-15-7-1-12(2-8-15)11-20-16-9-5-14(6-10-16)17(19)13-3-4-13/h1-2,5-10,13,17,19H,3-4,11H2. The zero-order valence-electron chi connectivity index (χ0n) is 11.1. The molecule has 3 heteroatoms. The van der Waals surface area contributed by atoms with Gasteiger partial charge in [0.25, 0.3) is 0 Å². The molecule has 0 aromatic heterocycles. The first-order chi connectivity index (χ1) is 9.72. The molecule has 2 aromatic carbocycles. The Morgan fingerprint density at radius 1 is 1.05 bits per heavy atom. The van der Waals surface area contributed by atoms with Crippen molar-refractivity contribution in [1.82, 2.24) is 0 Å². The number of benzene rings is 2. The number of ether oxygens (including phenoxy) is 1. The van der Waals surface area contributed by atoms with Crippen LogP contribution < -0.4 is 4.74 Å². The summed E-state index contributed by atoms with van der Waals surface area (Å²) in [5.74, 6) is 0.939. The zero-order chi connectivity index (χ0) is 13.9. The Balaban J connectivity index is 1.58. The van der Waals surface area contributed by atoms with Crippen LogP contribution in [0.25, 0.3) is 0 Å². The van der Waals surface area contributed by atoms with E-state index in [1.165, 1.54) is 12.1 Å². The highest BCUT2D eigenvalue weighted by Gasteiger charge is 2.30. The minimum absolute atomic E-state index is 0.243. The molecule has 0 saturated heterocycles. The molecule has 0 aliphatic heterocycles. The number of hydrogen-bond acceptors (Lipinski definition) is 2. The molecule has 1 atom stereocenters. The largest absolute Gasteiger partial charge is 0.489 e. The Kier molecular flexibility index (Phi) is 3.70. The molecule has 104 valence electrons. The second kappa shape index (κ2) is 5.63. The summed E-state index contributed by atoms with van der Waals surface area (Å²) in [5.41, 5.74) is 1.87. The number of hydrogen-bond donors (Lipinski definition) is 1. The van der Waals surface area contributed by atoms with Crippen LogP contribution in [-0.4, -0.2) is 5.11 Å². The monoisotopic (exact) mass is 272 g/mol. The molecule has 0 heterocycles. The average Bonchev–Trinajstić information content (AvgIpc) is 3.31. The van der Waals surface area contributed by atoms with Crippen molar-refractivity contribution in [3.8, 4) is 5.75 Å². The van der Waals surface area contributed by atoms with Crippen LogP contribution in [0.1, 0.15) is 30.1 Å². The maximum atomic E-state index is 12.8. The van der Waals surface area contributed by atoms with Gasteiger partial charge in [-0.1, -0.05) is 24.3 Å². The Labute approximate surface area is 117 Å². The summed E-state index contributed by atoms with van der Waals surface area (Å²) in [5, 5.41) is 10.0. The predicted molar refractivity (Wildman–Crippen MR) is 74.9 cm³/mol. The lowest BCUT2D eigenvalue weighted by Gasteiger charge is -2.11. The zero-order valence-corrected chi connectivity index (χ0v) is 11.1. The van der Waals surface area contributed by atoms with Crippen molar-refractivity contribution in [1.29, 1.82) is 0 Å². The third-order valence-electron chi connectivity index (χ3n) is 3.61. The average molecular weight is 272 g/mol. The molecule has 1 N–H and O–H groups in total. The van der Waals surface area contributed by atoms with E-state index in [2.05, 4.69) is 0 Å². The van der Waals surface area contributed by atoms with Gasteiger partial charge in [-0.3, -0.25) is 0 Å². The Morgan fingerprint density at radius 3 is 2.30 bits per heavy atom. The van der Waals surface area contributed by atoms with Crippen LogP contribution in [0, 0.1) is 11.7 Å². The van der Waals surface area contributed by atoms with E-state index >= 15 is 0 Å². The molecule has 0 bridgehead atoms. The van der Waals surface area contributed by atoms with Gasteiger partial charge in [-0.25, -0.2) is 4.39 Å². The summed E-state index contributed by atoms with van der Waals surface area (Å²) >= 11 is 0. The molecule has 3 rings (SSSR count). The summed E-state index contributed by atoms with van der Waals surface area (Å²) in [6, 6.07) is 13.8. The summed E-state index contributed by atoms with van der Waals surface area (Å²) in [6.07, 6.45) is 1.88. The fourth-order valence-corrected chi connectivity index (χ4v) is 2.19. The smallest absolute Gasteiger partial charge is 0.123 e. The highest BCUT2D eigenvalue weighted by Crippen LogP contribution is 2.41. The van der Waals surface area contributed by atoms with Gasteiger partial charge in [0.15, 0.2) is 0 Å². The molecule has 0 radical (unpaired) electrons. The first kappa shape index (κ1) is 13.1. The maximum Gasteiger partial charge on any atom is 0.123 e. The molecule has 1 saturated carbocycles. The van der Waals surface area contributed by atoms with Crippen molar-refractivity contribution >= 4 is 0 Å². The van der Waals surface area contributed by atoms with Crippen LogP contribution in [0.4, 0.5) is 4.39 Å². The normalized spacial score (nSPS) is 15.9. The highest BCUT2D eigenvalue weighted by atomic mass is 19.1. The third kappa shape index (κ3) is 3.17. The van der Waals surface area contributed by atoms with Crippen molar-refractivity contribution in [3.63, 3.8) is 0 Å². The summed E-state index contributed by atoms with van der Waals surface area (Å²) in [7, 11) is 0.